The van der Waals surface area contributed by atoms with Gasteiger partial charge in [0.25, 0.3) is 5.91 Å². The summed E-state index contributed by atoms with van der Waals surface area (Å²) in [6.45, 7) is 0. The minimum atomic E-state index is -1.15. The molecule has 0 saturated heterocycles. The van der Waals surface area contributed by atoms with E-state index in [1.807, 2.05) is 0 Å². The van der Waals surface area contributed by atoms with E-state index in [1.54, 1.807) is 0 Å². The Morgan fingerprint density at radius 3 is 2.50 bits per heavy atom. The molecule has 0 aliphatic carbocycles. The maximum atomic E-state index is 10.1. The first-order chi connectivity index (χ1) is 4.66. The Kier molecular flexibility index (Phi) is 3.70. The van der Waals surface area contributed by atoms with E-state index in [-0.39, 0.29) is 6.42 Å². The summed E-state index contributed by atoms with van der Waals surface area (Å²) in [5.41, 5.74) is 0. The fourth-order valence-corrected chi connectivity index (χ4v) is 0.298. The van der Waals surface area contributed by atoms with Crippen LogP contribution in [0.2, 0.25) is 0 Å². The monoisotopic (exact) mass is 143 g/mol. The van der Waals surface area contributed by atoms with Crippen LogP contribution in [0.3, 0.4) is 0 Å². The van der Waals surface area contributed by atoms with Gasteiger partial charge in [0.2, 0.25) is 0 Å². The highest BCUT2D eigenvalue weighted by molar-refractivity contribution is 5.82. The number of hydrogen-bond acceptors (Lipinski definition) is 3. The summed E-state index contributed by atoms with van der Waals surface area (Å²) < 4.78 is 0. The highest BCUT2D eigenvalue weighted by Gasteiger charge is 1.95. The second kappa shape index (κ2) is 4.37. The molecule has 0 fully saturated rings. The molecule has 0 heterocycles. The number of carboxylic acids is 1. The first-order valence-corrected chi connectivity index (χ1v) is 2.42. The fourth-order valence-electron chi connectivity index (χ4n) is 0.298. The van der Waals surface area contributed by atoms with Crippen molar-refractivity contribution >= 4 is 11.9 Å². The molecule has 1 N–H and O–H groups in total. The van der Waals surface area contributed by atoms with Gasteiger partial charge in [-0.05, 0) is 0 Å². The van der Waals surface area contributed by atoms with Gasteiger partial charge in [-0.15, -0.1) is 4.91 Å². The van der Waals surface area contributed by atoms with Crippen molar-refractivity contribution in [2.45, 2.75) is 6.42 Å². The molecule has 5 heteroatoms. The Bertz CT molecular complexity index is 184. The summed E-state index contributed by atoms with van der Waals surface area (Å²) in [5, 5.41) is 10.0. The molecule has 0 aliphatic rings. The van der Waals surface area contributed by atoms with Gasteiger partial charge in [0.1, 0.15) is 0 Å². The SMILES string of the molecule is O=NC(=O)C/C=C/C(=O)O. The summed E-state index contributed by atoms with van der Waals surface area (Å²) in [6, 6.07) is 0. The Hall–Kier alpha value is -1.52. The molecule has 0 radical (unpaired) electrons. The van der Waals surface area contributed by atoms with E-state index in [2.05, 4.69) is 5.18 Å². The second-order valence-electron chi connectivity index (χ2n) is 1.43. The molecule has 0 unspecified atom stereocenters. The van der Waals surface area contributed by atoms with E-state index in [9.17, 15) is 14.5 Å². The van der Waals surface area contributed by atoms with Crippen molar-refractivity contribution in [3.8, 4) is 0 Å². The number of nitroso groups, excluding NO2 is 1. The molecule has 5 nitrogen and oxygen atoms in total. The summed E-state index contributed by atoms with van der Waals surface area (Å²) in [5.74, 6) is -2.03. The zero-order valence-electron chi connectivity index (χ0n) is 4.98. The minimum Gasteiger partial charge on any atom is -0.478 e. The van der Waals surface area contributed by atoms with Crippen molar-refractivity contribution in [2.75, 3.05) is 0 Å². The molecule has 10 heavy (non-hydrogen) atoms. The van der Waals surface area contributed by atoms with E-state index in [0.29, 0.717) is 0 Å². The smallest absolute Gasteiger partial charge is 0.327 e. The molecular formula is C5H5NO4. The van der Waals surface area contributed by atoms with E-state index in [0.717, 1.165) is 12.2 Å². The average molecular weight is 143 g/mol. The lowest BCUT2D eigenvalue weighted by molar-refractivity contribution is -0.131. The molecule has 0 aromatic heterocycles. The quantitative estimate of drug-likeness (QED) is 0.455. The minimum absolute atomic E-state index is 0.254. The lowest BCUT2D eigenvalue weighted by atomic mass is 10.4. The number of nitrogens with zero attached hydrogens (tertiary/aromatic N) is 1. The molecule has 0 bridgehead atoms. The van der Waals surface area contributed by atoms with Gasteiger partial charge in [-0.3, -0.25) is 4.79 Å². The topological polar surface area (TPSA) is 83.8 Å². The lowest BCUT2D eigenvalue weighted by Crippen LogP contribution is -1.90. The van der Waals surface area contributed by atoms with E-state index < -0.39 is 11.9 Å². The van der Waals surface area contributed by atoms with Gasteiger partial charge in [0.15, 0.2) is 0 Å². The fraction of sp³-hybridized carbons (Fsp3) is 0.200. The van der Waals surface area contributed by atoms with Gasteiger partial charge in [-0.25, -0.2) is 4.79 Å². The summed E-state index contributed by atoms with van der Waals surface area (Å²) in [6.07, 6.45) is 1.59. The van der Waals surface area contributed by atoms with Crippen LogP contribution in [0, 0.1) is 4.91 Å². The third-order valence-corrected chi connectivity index (χ3v) is 0.655. The molecule has 0 aromatic carbocycles. The number of carbonyl (C=O) groups is 2. The lowest BCUT2D eigenvalue weighted by Gasteiger charge is -1.78. The summed E-state index contributed by atoms with van der Waals surface area (Å²) in [7, 11) is 0. The molecule has 0 spiro atoms. The Morgan fingerprint density at radius 1 is 1.50 bits per heavy atom. The van der Waals surface area contributed by atoms with Crippen molar-refractivity contribution < 1.29 is 14.7 Å². The van der Waals surface area contributed by atoms with Crippen LogP contribution >= 0.6 is 0 Å². The number of aliphatic carboxylic acids is 1. The Balaban J connectivity index is 3.63. The highest BCUT2D eigenvalue weighted by Crippen LogP contribution is 1.85. The maximum absolute atomic E-state index is 10.1. The maximum Gasteiger partial charge on any atom is 0.327 e. The highest BCUT2D eigenvalue weighted by atomic mass is 16.4. The summed E-state index contributed by atoms with van der Waals surface area (Å²) >= 11 is 0. The number of hydrogen-bond donors (Lipinski definition) is 1. The van der Waals surface area contributed by atoms with Gasteiger partial charge >= 0.3 is 5.97 Å². The third-order valence-electron chi connectivity index (χ3n) is 0.655. The van der Waals surface area contributed by atoms with E-state index >= 15 is 0 Å². The predicted octanol–water partition coefficient (Wildman–Crippen LogP) is 0.310. The van der Waals surface area contributed by atoms with Crippen LogP contribution in [0.5, 0.6) is 0 Å². The molecule has 0 saturated carbocycles. The molecule has 0 aliphatic heterocycles. The van der Waals surface area contributed by atoms with Crippen LogP contribution in [0.4, 0.5) is 0 Å². The summed E-state index contributed by atoms with van der Waals surface area (Å²) in [4.78, 5) is 29.2. The van der Waals surface area contributed by atoms with Gasteiger partial charge in [0, 0.05) is 11.3 Å². The molecular weight excluding hydrogens is 138 g/mol. The number of rotatable bonds is 3. The Morgan fingerprint density at radius 2 is 2.10 bits per heavy atom. The number of amides is 1. The van der Waals surface area contributed by atoms with Crippen molar-refractivity contribution in [3.05, 3.63) is 17.1 Å². The molecule has 54 valence electrons. The average Bonchev–Trinajstić information content (AvgIpc) is 1.87. The zero-order valence-corrected chi connectivity index (χ0v) is 4.98. The van der Waals surface area contributed by atoms with Gasteiger partial charge in [-0.1, -0.05) is 6.08 Å². The standard InChI is InChI=1S/C5H5NO4/c7-4(6-10)2-1-3-5(8)9/h1,3H,2H2,(H,8,9)/b3-1+. The normalized spacial score (nSPS) is 9.60. The molecule has 1 amide bonds. The second-order valence-corrected chi connectivity index (χ2v) is 1.43. The third kappa shape index (κ3) is 4.63. The van der Waals surface area contributed by atoms with Crippen LogP contribution in [0.1, 0.15) is 6.42 Å². The van der Waals surface area contributed by atoms with Crippen LogP contribution in [-0.4, -0.2) is 17.0 Å². The first-order valence-electron chi connectivity index (χ1n) is 2.42. The molecule has 0 rings (SSSR count). The van der Waals surface area contributed by atoms with Gasteiger partial charge in [0.05, 0.1) is 6.42 Å². The van der Waals surface area contributed by atoms with Crippen LogP contribution in [0.25, 0.3) is 0 Å². The largest absolute Gasteiger partial charge is 0.478 e. The van der Waals surface area contributed by atoms with Gasteiger partial charge < -0.3 is 5.11 Å². The number of carbonyl (C=O) groups excluding carboxylic acids is 1. The van der Waals surface area contributed by atoms with Crippen LogP contribution in [-0.2, 0) is 9.59 Å². The van der Waals surface area contributed by atoms with Crippen molar-refractivity contribution in [3.63, 3.8) is 0 Å². The molecule has 0 aromatic rings. The van der Waals surface area contributed by atoms with Crippen LogP contribution in [0.15, 0.2) is 17.3 Å². The van der Waals surface area contributed by atoms with E-state index in [4.69, 9.17) is 5.11 Å². The van der Waals surface area contributed by atoms with E-state index in [1.165, 1.54) is 0 Å². The van der Waals surface area contributed by atoms with Crippen molar-refractivity contribution in [2.24, 2.45) is 5.18 Å². The van der Waals surface area contributed by atoms with Crippen molar-refractivity contribution in [1.82, 2.24) is 0 Å². The Labute approximate surface area is 56.3 Å². The van der Waals surface area contributed by atoms with Crippen LogP contribution < -0.4 is 0 Å². The number of carboxylic acid groups (broad SMARTS) is 1. The predicted molar refractivity (Wildman–Crippen MR) is 32.2 cm³/mol. The zero-order chi connectivity index (χ0) is 7.98. The molecule has 0 atom stereocenters. The first kappa shape index (κ1) is 8.48. The van der Waals surface area contributed by atoms with Crippen molar-refractivity contribution in [1.29, 1.82) is 0 Å². The van der Waals surface area contributed by atoms with Gasteiger partial charge in [-0.2, -0.15) is 0 Å².